The van der Waals surface area contributed by atoms with Gasteiger partial charge in [-0.05, 0) is 24.1 Å². The quantitative estimate of drug-likeness (QED) is 0.641. The Labute approximate surface area is 117 Å². The SMILES string of the molecule is CCCCOC(=O)CC(N)c1ccc(Cl)c(Cl)c1. The molecule has 1 unspecified atom stereocenters. The maximum absolute atomic E-state index is 11.5. The van der Waals surface area contributed by atoms with Gasteiger partial charge in [-0.3, -0.25) is 4.79 Å². The molecule has 1 aromatic carbocycles. The fourth-order valence-corrected chi connectivity index (χ4v) is 1.74. The number of unbranched alkanes of at least 4 members (excludes halogenated alkanes) is 1. The molecule has 0 saturated heterocycles. The standard InChI is InChI=1S/C13H17Cl2NO2/c1-2-3-6-18-13(17)8-12(16)9-4-5-10(14)11(15)7-9/h4-5,7,12H,2-3,6,8,16H2,1H3. The Morgan fingerprint density at radius 2 is 2.11 bits per heavy atom. The molecule has 3 nitrogen and oxygen atoms in total. The molecule has 0 aliphatic carbocycles. The smallest absolute Gasteiger partial charge is 0.307 e. The summed E-state index contributed by atoms with van der Waals surface area (Å²) in [5.74, 6) is -0.290. The van der Waals surface area contributed by atoms with E-state index >= 15 is 0 Å². The molecule has 0 saturated carbocycles. The molecule has 0 heterocycles. The maximum atomic E-state index is 11.5. The van der Waals surface area contributed by atoms with Gasteiger partial charge >= 0.3 is 5.97 Å². The topological polar surface area (TPSA) is 52.3 Å². The van der Waals surface area contributed by atoms with Crippen LogP contribution in [0.3, 0.4) is 0 Å². The van der Waals surface area contributed by atoms with E-state index in [1.165, 1.54) is 0 Å². The number of hydrogen-bond donors (Lipinski definition) is 1. The molecule has 0 aliphatic heterocycles. The maximum Gasteiger partial charge on any atom is 0.307 e. The first-order valence-corrected chi connectivity index (χ1v) is 6.66. The van der Waals surface area contributed by atoms with Crippen LogP contribution in [0.1, 0.15) is 37.8 Å². The number of rotatable bonds is 6. The lowest BCUT2D eigenvalue weighted by molar-refractivity contribution is -0.144. The highest BCUT2D eigenvalue weighted by molar-refractivity contribution is 6.42. The molecule has 0 aromatic heterocycles. The van der Waals surface area contributed by atoms with Crippen molar-refractivity contribution in [3.63, 3.8) is 0 Å². The second-order valence-electron chi connectivity index (χ2n) is 4.06. The summed E-state index contributed by atoms with van der Waals surface area (Å²) in [6.45, 7) is 2.48. The Morgan fingerprint density at radius 1 is 1.39 bits per heavy atom. The fourth-order valence-electron chi connectivity index (χ4n) is 1.43. The minimum absolute atomic E-state index is 0.141. The normalized spacial score (nSPS) is 12.2. The van der Waals surface area contributed by atoms with E-state index in [1.807, 2.05) is 6.92 Å². The van der Waals surface area contributed by atoms with Crippen molar-refractivity contribution in [3.8, 4) is 0 Å². The van der Waals surface area contributed by atoms with E-state index in [1.54, 1.807) is 18.2 Å². The molecule has 1 atom stereocenters. The fraction of sp³-hybridized carbons (Fsp3) is 0.462. The van der Waals surface area contributed by atoms with Gasteiger partial charge in [0.25, 0.3) is 0 Å². The third-order valence-corrected chi connectivity index (χ3v) is 3.26. The number of carbonyl (C=O) groups is 1. The molecule has 0 amide bonds. The van der Waals surface area contributed by atoms with Crippen molar-refractivity contribution in [1.82, 2.24) is 0 Å². The molecule has 0 aliphatic rings. The summed E-state index contributed by atoms with van der Waals surface area (Å²) in [4.78, 5) is 11.5. The van der Waals surface area contributed by atoms with Crippen LogP contribution in [-0.4, -0.2) is 12.6 Å². The minimum Gasteiger partial charge on any atom is -0.466 e. The second kappa shape index (κ2) is 7.62. The minimum atomic E-state index is -0.422. The molecular formula is C13H17Cl2NO2. The summed E-state index contributed by atoms with van der Waals surface area (Å²) in [5.41, 5.74) is 6.69. The van der Waals surface area contributed by atoms with E-state index in [0.29, 0.717) is 16.7 Å². The molecule has 18 heavy (non-hydrogen) atoms. The van der Waals surface area contributed by atoms with Crippen LogP contribution in [-0.2, 0) is 9.53 Å². The molecule has 100 valence electrons. The van der Waals surface area contributed by atoms with Crippen molar-refractivity contribution in [2.24, 2.45) is 5.73 Å². The first-order chi connectivity index (χ1) is 8.54. The zero-order valence-corrected chi connectivity index (χ0v) is 11.8. The molecular weight excluding hydrogens is 273 g/mol. The predicted molar refractivity (Wildman–Crippen MR) is 73.9 cm³/mol. The van der Waals surface area contributed by atoms with Gasteiger partial charge in [-0.15, -0.1) is 0 Å². The van der Waals surface area contributed by atoms with Crippen molar-refractivity contribution in [3.05, 3.63) is 33.8 Å². The number of ether oxygens (including phenoxy) is 1. The number of nitrogens with two attached hydrogens (primary N) is 1. The molecule has 0 fully saturated rings. The lowest BCUT2D eigenvalue weighted by Crippen LogP contribution is -2.17. The first-order valence-electron chi connectivity index (χ1n) is 5.90. The van der Waals surface area contributed by atoms with Crippen molar-refractivity contribution >= 4 is 29.2 Å². The number of halogens is 2. The summed E-state index contributed by atoms with van der Waals surface area (Å²) < 4.78 is 5.05. The van der Waals surface area contributed by atoms with Gasteiger partial charge in [0.2, 0.25) is 0 Å². The van der Waals surface area contributed by atoms with Gasteiger partial charge in [-0.25, -0.2) is 0 Å². The molecule has 5 heteroatoms. The lowest BCUT2D eigenvalue weighted by Gasteiger charge is -2.12. The molecule has 0 bridgehead atoms. The van der Waals surface area contributed by atoms with Crippen molar-refractivity contribution in [2.45, 2.75) is 32.2 Å². The van der Waals surface area contributed by atoms with Gasteiger partial charge in [0.05, 0.1) is 23.1 Å². The average Bonchev–Trinajstić information content (AvgIpc) is 2.33. The van der Waals surface area contributed by atoms with E-state index in [-0.39, 0.29) is 12.4 Å². The van der Waals surface area contributed by atoms with Crippen LogP contribution >= 0.6 is 23.2 Å². The lowest BCUT2D eigenvalue weighted by atomic mass is 10.1. The third-order valence-electron chi connectivity index (χ3n) is 2.52. The second-order valence-corrected chi connectivity index (χ2v) is 4.87. The number of carbonyl (C=O) groups excluding carboxylic acids is 1. The Kier molecular flexibility index (Phi) is 6.47. The Bertz CT molecular complexity index is 410. The summed E-state index contributed by atoms with van der Waals surface area (Å²) in [7, 11) is 0. The van der Waals surface area contributed by atoms with Gasteiger partial charge in [0.1, 0.15) is 0 Å². The largest absolute Gasteiger partial charge is 0.466 e. The van der Waals surface area contributed by atoms with Crippen LogP contribution in [0.5, 0.6) is 0 Å². The highest BCUT2D eigenvalue weighted by Crippen LogP contribution is 2.26. The summed E-state index contributed by atoms with van der Waals surface area (Å²) in [5, 5.41) is 0.905. The Morgan fingerprint density at radius 3 is 2.72 bits per heavy atom. The molecule has 0 spiro atoms. The first kappa shape index (κ1) is 15.3. The zero-order chi connectivity index (χ0) is 13.5. The van der Waals surface area contributed by atoms with Crippen molar-refractivity contribution in [2.75, 3.05) is 6.61 Å². The molecule has 1 rings (SSSR count). The van der Waals surface area contributed by atoms with Gasteiger partial charge in [-0.2, -0.15) is 0 Å². The Balaban J connectivity index is 2.51. The van der Waals surface area contributed by atoms with Gasteiger partial charge in [0.15, 0.2) is 0 Å². The van der Waals surface area contributed by atoms with E-state index in [2.05, 4.69) is 0 Å². The summed E-state index contributed by atoms with van der Waals surface area (Å²) >= 11 is 11.7. The number of hydrogen-bond acceptors (Lipinski definition) is 3. The van der Waals surface area contributed by atoms with Crippen LogP contribution in [0.4, 0.5) is 0 Å². The van der Waals surface area contributed by atoms with Crippen molar-refractivity contribution in [1.29, 1.82) is 0 Å². The van der Waals surface area contributed by atoms with Gasteiger partial charge in [0, 0.05) is 6.04 Å². The zero-order valence-electron chi connectivity index (χ0n) is 10.3. The van der Waals surface area contributed by atoms with E-state index in [0.717, 1.165) is 18.4 Å². The number of esters is 1. The van der Waals surface area contributed by atoms with Gasteiger partial charge in [-0.1, -0.05) is 42.6 Å². The number of benzene rings is 1. The summed E-state index contributed by atoms with van der Waals surface area (Å²) in [6.07, 6.45) is 2.00. The molecule has 1 aromatic rings. The Hall–Kier alpha value is -0.770. The molecule has 0 radical (unpaired) electrons. The van der Waals surface area contributed by atoms with E-state index in [9.17, 15) is 4.79 Å². The monoisotopic (exact) mass is 289 g/mol. The van der Waals surface area contributed by atoms with Crippen LogP contribution in [0.25, 0.3) is 0 Å². The van der Waals surface area contributed by atoms with E-state index in [4.69, 9.17) is 33.7 Å². The highest BCUT2D eigenvalue weighted by atomic mass is 35.5. The van der Waals surface area contributed by atoms with Crippen LogP contribution in [0.2, 0.25) is 10.0 Å². The van der Waals surface area contributed by atoms with E-state index < -0.39 is 6.04 Å². The van der Waals surface area contributed by atoms with Crippen LogP contribution in [0.15, 0.2) is 18.2 Å². The molecule has 2 N–H and O–H groups in total. The highest BCUT2D eigenvalue weighted by Gasteiger charge is 2.13. The van der Waals surface area contributed by atoms with Gasteiger partial charge < -0.3 is 10.5 Å². The van der Waals surface area contributed by atoms with Crippen LogP contribution in [0, 0.1) is 0 Å². The predicted octanol–water partition coefficient (Wildman–Crippen LogP) is 3.73. The summed E-state index contributed by atoms with van der Waals surface area (Å²) in [6, 6.07) is 4.68. The average molecular weight is 290 g/mol. The third kappa shape index (κ3) is 4.84. The van der Waals surface area contributed by atoms with Crippen molar-refractivity contribution < 1.29 is 9.53 Å². The van der Waals surface area contributed by atoms with Crippen LogP contribution < -0.4 is 5.73 Å².